The molecule has 2 aromatic rings. The summed E-state index contributed by atoms with van der Waals surface area (Å²) in [5.74, 6) is 0.764. The normalized spacial score (nSPS) is 25.9. The van der Waals surface area contributed by atoms with Gasteiger partial charge in [0.15, 0.2) is 0 Å². The summed E-state index contributed by atoms with van der Waals surface area (Å²) in [6, 6.07) is 4.08. The van der Waals surface area contributed by atoms with Gasteiger partial charge in [-0.2, -0.15) is 0 Å². The number of aryl methyl sites for hydroxylation is 1. The number of nitrogens with one attached hydrogen (secondary N) is 1. The van der Waals surface area contributed by atoms with Crippen molar-refractivity contribution in [2.75, 3.05) is 26.2 Å². The number of aromatic nitrogens is 2. The molecule has 132 valence electrons. The lowest BCUT2D eigenvalue weighted by molar-refractivity contribution is 0.0901. The lowest BCUT2D eigenvalue weighted by atomic mass is 9.93. The molecule has 6 nitrogen and oxygen atoms in total. The van der Waals surface area contributed by atoms with Gasteiger partial charge in [0.1, 0.15) is 5.69 Å². The summed E-state index contributed by atoms with van der Waals surface area (Å²) in [5, 5.41) is 5.75. The molecule has 2 saturated heterocycles. The highest BCUT2D eigenvalue weighted by atomic mass is 32.1. The van der Waals surface area contributed by atoms with Crippen LogP contribution in [0.3, 0.4) is 0 Å². The van der Waals surface area contributed by atoms with Gasteiger partial charge in [0, 0.05) is 55.8 Å². The number of carbonyl (C=O) groups is 1. The van der Waals surface area contributed by atoms with Crippen LogP contribution >= 0.6 is 11.3 Å². The second-order valence-corrected chi connectivity index (χ2v) is 7.88. The standard InChI is InChI=1S/C18H22N4O2S/c1-12-21-16(11-25-12)18(23)20-6-14-10-24-17-9-22(8-15(14)17)7-13-3-2-4-19-5-13/h2-5,11,14-15,17H,6-10H2,1H3,(H,20,23)/t14-,15+,17+/m0/s1. The van der Waals surface area contributed by atoms with Crippen molar-refractivity contribution < 1.29 is 9.53 Å². The second-order valence-electron chi connectivity index (χ2n) is 6.81. The molecule has 0 aliphatic carbocycles. The Morgan fingerprint density at radius 2 is 2.40 bits per heavy atom. The maximum atomic E-state index is 12.2. The smallest absolute Gasteiger partial charge is 0.270 e. The van der Waals surface area contributed by atoms with Crippen molar-refractivity contribution >= 4 is 17.2 Å². The zero-order valence-corrected chi connectivity index (χ0v) is 15.0. The monoisotopic (exact) mass is 358 g/mol. The molecule has 2 aliphatic rings. The lowest BCUT2D eigenvalue weighted by Crippen LogP contribution is -2.34. The van der Waals surface area contributed by atoms with E-state index in [1.165, 1.54) is 16.9 Å². The van der Waals surface area contributed by atoms with E-state index in [4.69, 9.17) is 4.74 Å². The first-order chi connectivity index (χ1) is 12.2. The fraction of sp³-hybridized carbons (Fsp3) is 0.500. The fourth-order valence-corrected chi connectivity index (χ4v) is 4.34. The molecule has 0 unspecified atom stereocenters. The number of likely N-dealkylation sites (tertiary alicyclic amines) is 1. The molecule has 4 heterocycles. The lowest BCUT2D eigenvalue weighted by Gasteiger charge is -2.19. The van der Waals surface area contributed by atoms with Gasteiger partial charge in [0.25, 0.3) is 5.91 Å². The molecular formula is C18H22N4O2S. The molecule has 25 heavy (non-hydrogen) atoms. The Morgan fingerprint density at radius 3 is 3.16 bits per heavy atom. The largest absolute Gasteiger partial charge is 0.376 e. The summed E-state index contributed by atoms with van der Waals surface area (Å²) in [5.41, 5.74) is 1.74. The highest BCUT2D eigenvalue weighted by molar-refractivity contribution is 7.09. The van der Waals surface area contributed by atoms with Gasteiger partial charge in [-0.05, 0) is 18.6 Å². The van der Waals surface area contributed by atoms with Gasteiger partial charge in [0.2, 0.25) is 0 Å². The van der Waals surface area contributed by atoms with Gasteiger partial charge in [-0.15, -0.1) is 11.3 Å². The zero-order chi connectivity index (χ0) is 17.2. The Labute approximate surface area is 151 Å². The highest BCUT2D eigenvalue weighted by Crippen LogP contribution is 2.34. The van der Waals surface area contributed by atoms with Crippen LogP contribution < -0.4 is 5.32 Å². The highest BCUT2D eigenvalue weighted by Gasteiger charge is 2.43. The first-order valence-corrected chi connectivity index (χ1v) is 9.50. The van der Waals surface area contributed by atoms with E-state index in [1.54, 1.807) is 6.20 Å². The quantitative estimate of drug-likeness (QED) is 0.882. The molecule has 1 amide bonds. The number of hydrogen-bond donors (Lipinski definition) is 1. The molecule has 0 saturated carbocycles. The zero-order valence-electron chi connectivity index (χ0n) is 14.2. The van der Waals surface area contributed by atoms with Crippen LogP contribution in [0.2, 0.25) is 0 Å². The Bertz CT molecular complexity index is 736. The summed E-state index contributed by atoms with van der Waals surface area (Å²) in [6.45, 7) is 6.16. The average Bonchev–Trinajstić information content (AvgIpc) is 3.30. The molecule has 1 N–H and O–H groups in total. The SMILES string of the molecule is Cc1nc(C(=O)NC[C@H]2CO[C@@H]3CN(Cc4cccnc4)C[C@H]23)cs1. The minimum atomic E-state index is -0.0852. The number of fused-ring (bicyclic) bond motifs is 1. The maximum absolute atomic E-state index is 12.2. The first kappa shape index (κ1) is 16.6. The summed E-state index contributed by atoms with van der Waals surface area (Å²) < 4.78 is 5.98. The third-order valence-corrected chi connectivity index (χ3v) is 5.79. The van der Waals surface area contributed by atoms with Crippen LogP contribution in [0.25, 0.3) is 0 Å². The van der Waals surface area contributed by atoms with Crippen LogP contribution in [0.1, 0.15) is 21.1 Å². The average molecular weight is 358 g/mol. The number of carbonyl (C=O) groups excluding carboxylic acids is 1. The van der Waals surface area contributed by atoms with E-state index in [0.29, 0.717) is 24.1 Å². The third kappa shape index (κ3) is 3.73. The van der Waals surface area contributed by atoms with Crippen LogP contribution in [0.5, 0.6) is 0 Å². The van der Waals surface area contributed by atoms with Gasteiger partial charge in [-0.3, -0.25) is 14.7 Å². The van der Waals surface area contributed by atoms with Crippen molar-refractivity contribution in [3.63, 3.8) is 0 Å². The molecule has 4 rings (SSSR count). The van der Waals surface area contributed by atoms with Crippen LogP contribution in [0.15, 0.2) is 29.9 Å². The molecule has 2 aliphatic heterocycles. The van der Waals surface area contributed by atoms with Gasteiger partial charge in [0.05, 0.1) is 17.7 Å². The molecular weight excluding hydrogens is 336 g/mol. The Balaban J connectivity index is 1.30. The van der Waals surface area contributed by atoms with Crippen molar-refractivity contribution in [3.05, 3.63) is 46.2 Å². The number of nitrogens with zero attached hydrogens (tertiary/aromatic N) is 3. The number of pyridine rings is 1. The van der Waals surface area contributed by atoms with Gasteiger partial charge >= 0.3 is 0 Å². The van der Waals surface area contributed by atoms with Gasteiger partial charge in [-0.1, -0.05) is 6.07 Å². The molecule has 0 aromatic carbocycles. The van der Waals surface area contributed by atoms with E-state index in [-0.39, 0.29) is 12.0 Å². The molecule has 7 heteroatoms. The fourth-order valence-electron chi connectivity index (χ4n) is 3.75. The van der Waals surface area contributed by atoms with E-state index in [2.05, 4.69) is 26.3 Å². The summed E-state index contributed by atoms with van der Waals surface area (Å²) in [6.07, 6.45) is 4.00. The Hall–Kier alpha value is -1.83. The molecule has 2 aromatic heterocycles. The van der Waals surface area contributed by atoms with Gasteiger partial charge < -0.3 is 10.1 Å². The van der Waals surface area contributed by atoms with E-state index in [9.17, 15) is 4.79 Å². The van der Waals surface area contributed by atoms with E-state index in [1.807, 2.05) is 24.6 Å². The second kappa shape index (κ2) is 7.19. The molecule has 0 spiro atoms. The molecule has 2 fully saturated rings. The number of rotatable bonds is 5. The van der Waals surface area contributed by atoms with Crippen molar-refractivity contribution in [1.82, 2.24) is 20.2 Å². The van der Waals surface area contributed by atoms with Crippen molar-refractivity contribution in [2.24, 2.45) is 11.8 Å². The Morgan fingerprint density at radius 1 is 1.48 bits per heavy atom. The predicted octanol–water partition coefficient (Wildman–Crippen LogP) is 1.72. The van der Waals surface area contributed by atoms with Crippen molar-refractivity contribution in [2.45, 2.75) is 19.6 Å². The number of ether oxygens (including phenoxy) is 1. The third-order valence-electron chi connectivity index (χ3n) is 5.02. The van der Waals surface area contributed by atoms with Crippen molar-refractivity contribution in [3.8, 4) is 0 Å². The number of hydrogen-bond acceptors (Lipinski definition) is 6. The van der Waals surface area contributed by atoms with Crippen LogP contribution in [0, 0.1) is 18.8 Å². The number of amides is 1. The van der Waals surface area contributed by atoms with Crippen LogP contribution in [0.4, 0.5) is 0 Å². The summed E-state index contributed by atoms with van der Waals surface area (Å²) in [7, 11) is 0. The minimum absolute atomic E-state index is 0.0852. The molecule has 0 radical (unpaired) electrons. The van der Waals surface area contributed by atoms with E-state index >= 15 is 0 Å². The van der Waals surface area contributed by atoms with Gasteiger partial charge in [-0.25, -0.2) is 4.98 Å². The topological polar surface area (TPSA) is 67.3 Å². The van der Waals surface area contributed by atoms with Crippen LogP contribution in [-0.4, -0.2) is 53.1 Å². The predicted molar refractivity (Wildman–Crippen MR) is 95.4 cm³/mol. The van der Waals surface area contributed by atoms with Crippen LogP contribution in [-0.2, 0) is 11.3 Å². The first-order valence-electron chi connectivity index (χ1n) is 8.62. The molecule has 0 bridgehead atoms. The number of thiazole rings is 1. The van der Waals surface area contributed by atoms with E-state index in [0.717, 1.165) is 31.2 Å². The van der Waals surface area contributed by atoms with Crippen molar-refractivity contribution in [1.29, 1.82) is 0 Å². The summed E-state index contributed by atoms with van der Waals surface area (Å²) >= 11 is 1.50. The summed E-state index contributed by atoms with van der Waals surface area (Å²) in [4.78, 5) is 23.0. The minimum Gasteiger partial charge on any atom is -0.376 e. The maximum Gasteiger partial charge on any atom is 0.270 e. The van der Waals surface area contributed by atoms with E-state index < -0.39 is 0 Å². The molecule has 3 atom stereocenters. The Kier molecular flexibility index (Phi) is 4.78.